The molecule has 2 N–H and O–H groups in total. The number of anilines is 1. The van der Waals surface area contributed by atoms with E-state index in [0.29, 0.717) is 11.0 Å². The van der Waals surface area contributed by atoms with Crippen molar-refractivity contribution < 1.29 is 9.32 Å². The lowest BCUT2D eigenvalue weighted by atomic mass is 10.3. The summed E-state index contributed by atoms with van der Waals surface area (Å²) >= 11 is 1.30. The fourth-order valence-electron chi connectivity index (χ4n) is 1.54. The van der Waals surface area contributed by atoms with Crippen molar-refractivity contribution in [2.75, 3.05) is 5.32 Å². The standard InChI is InChI=1S/C12H17N5O2S/c1-4-5-9-13-12(16-15-9)20-8(3)11(18)14-10-6-7(2)17-19-10/h6,8H,4-5H2,1-3H3,(H,14,18)(H,13,15,16)/t8-/m1/s1. The number of aryl methyl sites for hydroxylation is 2. The molecule has 0 saturated carbocycles. The van der Waals surface area contributed by atoms with Gasteiger partial charge in [0, 0.05) is 12.5 Å². The maximum absolute atomic E-state index is 12.0. The van der Waals surface area contributed by atoms with Gasteiger partial charge >= 0.3 is 0 Å². The molecule has 0 aromatic carbocycles. The van der Waals surface area contributed by atoms with Crippen LogP contribution in [0.5, 0.6) is 0 Å². The molecule has 2 aromatic rings. The van der Waals surface area contributed by atoms with Gasteiger partial charge in [-0.05, 0) is 20.3 Å². The second-order valence-electron chi connectivity index (χ2n) is 4.40. The third kappa shape index (κ3) is 3.83. The van der Waals surface area contributed by atoms with Crippen LogP contribution in [0.1, 0.15) is 31.8 Å². The third-order valence-corrected chi connectivity index (χ3v) is 3.48. The number of carbonyl (C=O) groups excluding carboxylic acids is 1. The molecule has 0 unspecified atom stereocenters. The van der Waals surface area contributed by atoms with Gasteiger partial charge in [-0.25, -0.2) is 4.98 Å². The Morgan fingerprint density at radius 2 is 2.40 bits per heavy atom. The molecule has 20 heavy (non-hydrogen) atoms. The average Bonchev–Trinajstić information content (AvgIpc) is 2.99. The molecule has 0 aliphatic carbocycles. The molecular weight excluding hydrogens is 278 g/mol. The maximum atomic E-state index is 12.0. The monoisotopic (exact) mass is 295 g/mol. The van der Waals surface area contributed by atoms with Crippen LogP contribution in [0.25, 0.3) is 0 Å². The zero-order chi connectivity index (χ0) is 14.5. The molecule has 1 amide bonds. The Morgan fingerprint density at radius 1 is 1.60 bits per heavy atom. The Balaban J connectivity index is 1.89. The van der Waals surface area contributed by atoms with Crippen LogP contribution in [0.15, 0.2) is 15.7 Å². The molecule has 7 nitrogen and oxygen atoms in total. The first-order valence-corrected chi connectivity index (χ1v) is 7.28. The number of aromatic nitrogens is 4. The van der Waals surface area contributed by atoms with Crippen LogP contribution >= 0.6 is 11.8 Å². The summed E-state index contributed by atoms with van der Waals surface area (Å²) < 4.78 is 4.94. The molecule has 0 radical (unpaired) electrons. The maximum Gasteiger partial charge on any atom is 0.240 e. The highest BCUT2D eigenvalue weighted by Gasteiger charge is 2.18. The van der Waals surface area contributed by atoms with Gasteiger partial charge in [-0.3, -0.25) is 15.2 Å². The first-order chi connectivity index (χ1) is 9.58. The predicted molar refractivity (Wildman–Crippen MR) is 75.6 cm³/mol. The number of hydrogen-bond donors (Lipinski definition) is 2. The summed E-state index contributed by atoms with van der Waals surface area (Å²) in [6.07, 6.45) is 1.85. The lowest BCUT2D eigenvalue weighted by Crippen LogP contribution is -2.22. The van der Waals surface area contributed by atoms with Gasteiger partial charge in [0.25, 0.3) is 0 Å². The zero-order valence-electron chi connectivity index (χ0n) is 11.6. The van der Waals surface area contributed by atoms with E-state index in [1.807, 2.05) is 0 Å². The normalized spacial score (nSPS) is 12.3. The van der Waals surface area contributed by atoms with Crippen molar-refractivity contribution in [2.24, 2.45) is 0 Å². The summed E-state index contributed by atoms with van der Waals surface area (Å²) in [4.78, 5) is 16.3. The molecule has 0 fully saturated rings. The summed E-state index contributed by atoms with van der Waals surface area (Å²) in [5.74, 6) is 1.02. The number of nitrogens with zero attached hydrogens (tertiary/aromatic N) is 3. The van der Waals surface area contributed by atoms with Crippen LogP contribution in [-0.2, 0) is 11.2 Å². The molecule has 0 bridgehead atoms. The topological polar surface area (TPSA) is 96.7 Å². The second kappa shape index (κ2) is 6.56. The average molecular weight is 295 g/mol. The smallest absolute Gasteiger partial charge is 0.240 e. The van der Waals surface area contributed by atoms with Crippen LogP contribution in [-0.4, -0.2) is 31.5 Å². The van der Waals surface area contributed by atoms with Crippen molar-refractivity contribution in [2.45, 2.75) is 44.0 Å². The van der Waals surface area contributed by atoms with Gasteiger partial charge in [-0.2, -0.15) is 0 Å². The summed E-state index contributed by atoms with van der Waals surface area (Å²) in [5.41, 5.74) is 0.721. The Labute approximate surface area is 120 Å². The molecular formula is C12H17N5O2S. The number of amides is 1. The highest BCUT2D eigenvalue weighted by molar-refractivity contribution is 8.00. The molecule has 0 saturated heterocycles. The lowest BCUT2D eigenvalue weighted by molar-refractivity contribution is -0.115. The first kappa shape index (κ1) is 14.6. The van der Waals surface area contributed by atoms with Crippen LogP contribution in [0.4, 0.5) is 5.88 Å². The van der Waals surface area contributed by atoms with Crippen LogP contribution in [0.2, 0.25) is 0 Å². The summed E-state index contributed by atoms with van der Waals surface area (Å²) in [6, 6.07) is 1.67. The van der Waals surface area contributed by atoms with E-state index in [4.69, 9.17) is 4.52 Å². The first-order valence-electron chi connectivity index (χ1n) is 6.40. The second-order valence-corrected chi connectivity index (χ2v) is 5.70. The highest BCUT2D eigenvalue weighted by Crippen LogP contribution is 2.21. The summed E-state index contributed by atoms with van der Waals surface area (Å²) in [6.45, 7) is 5.66. The Kier molecular flexibility index (Phi) is 4.78. The molecule has 2 aromatic heterocycles. The molecule has 108 valence electrons. The molecule has 0 aliphatic rings. The van der Waals surface area contributed by atoms with E-state index in [1.54, 1.807) is 19.9 Å². The summed E-state index contributed by atoms with van der Waals surface area (Å²) in [5, 5.41) is 13.6. The van der Waals surface area contributed by atoms with Gasteiger partial charge in [-0.15, -0.1) is 5.10 Å². The third-order valence-electron chi connectivity index (χ3n) is 2.52. The minimum Gasteiger partial charge on any atom is -0.338 e. The molecule has 2 heterocycles. The van der Waals surface area contributed by atoms with E-state index >= 15 is 0 Å². The van der Waals surface area contributed by atoms with Gasteiger partial charge in [0.1, 0.15) is 5.82 Å². The van der Waals surface area contributed by atoms with Crippen molar-refractivity contribution in [3.8, 4) is 0 Å². The minimum atomic E-state index is -0.328. The van der Waals surface area contributed by atoms with Gasteiger partial charge in [0.15, 0.2) is 0 Å². The van der Waals surface area contributed by atoms with Crippen LogP contribution < -0.4 is 5.32 Å². The number of aromatic amines is 1. The van der Waals surface area contributed by atoms with Crippen LogP contribution in [0.3, 0.4) is 0 Å². The number of H-pyrrole nitrogens is 1. The van der Waals surface area contributed by atoms with Crippen molar-refractivity contribution in [3.63, 3.8) is 0 Å². The highest BCUT2D eigenvalue weighted by atomic mass is 32.2. The number of hydrogen-bond acceptors (Lipinski definition) is 6. The quantitative estimate of drug-likeness (QED) is 0.793. The zero-order valence-corrected chi connectivity index (χ0v) is 12.5. The summed E-state index contributed by atoms with van der Waals surface area (Å²) in [7, 11) is 0. The van der Waals surface area contributed by atoms with E-state index in [2.05, 4.69) is 32.6 Å². The number of nitrogens with one attached hydrogen (secondary N) is 2. The number of rotatable bonds is 6. The number of carbonyl (C=O) groups is 1. The van der Waals surface area contributed by atoms with Gasteiger partial charge in [-0.1, -0.05) is 23.8 Å². The number of thioether (sulfide) groups is 1. The Hall–Kier alpha value is -1.83. The van der Waals surface area contributed by atoms with Crippen molar-refractivity contribution in [1.82, 2.24) is 20.3 Å². The molecule has 1 atom stereocenters. The minimum absolute atomic E-state index is 0.173. The van der Waals surface area contributed by atoms with Gasteiger partial charge in [0.2, 0.25) is 16.9 Å². The fraction of sp³-hybridized carbons (Fsp3) is 0.500. The van der Waals surface area contributed by atoms with E-state index in [-0.39, 0.29) is 11.2 Å². The van der Waals surface area contributed by atoms with Crippen molar-refractivity contribution in [3.05, 3.63) is 17.6 Å². The molecule has 0 spiro atoms. The van der Waals surface area contributed by atoms with Gasteiger partial charge in [0.05, 0.1) is 10.9 Å². The lowest BCUT2D eigenvalue weighted by Gasteiger charge is -2.07. The van der Waals surface area contributed by atoms with E-state index in [9.17, 15) is 4.79 Å². The largest absolute Gasteiger partial charge is 0.338 e. The Bertz CT molecular complexity index is 580. The molecule has 8 heteroatoms. The van der Waals surface area contributed by atoms with E-state index in [1.165, 1.54) is 11.8 Å². The van der Waals surface area contributed by atoms with Crippen molar-refractivity contribution in [1.29, 1.82) is 0 Å². The molecule has 0 aliphatic heterocycles. The SMILES string of the molecule is CCCc1nc(S[C@H](C)C(=O)Nc2cc(C)no2)n[nH]1. The molecule has 2 rings (SSSR count). The van der Waals surface area contributed by atoms with Gasteiger partial charge < -0.3 is 4.52 Å². The van der Waals surface area contributed by atoms with E-state index in [0.717, 1.165) is 24.4 Å². The van der Waals surface area contributed by atoms with Crippen LogP contribution in [0, 0.1) is 6.92 Å². The fourth-order valence-corrected chi connectivity index (χ4v) is 2.28. The predicted octanol–water partition coefficient (Wildman–Crippen LogP) is 2.17. The van der Waals surface area contributed by atoms with Crippen molar-refractivity contribution >= 4 is 23.6 Å². The Morgan fingerprint density at radius 3 is 3.05 bits per heavy atom. The van der Waals surface area contributed by atoms with E-state index < -0.39 is 0 Å².